The zero-order chi connectivity index (χ0) is 21.5. The normalized spacial score (nSPS) is 26.4. The molecular weight excluding hydrogens is 414 g/mol. The van der Waals surface area contributed by atoms with E-state index in [-0.39, 0.29) is 12.1 Å². The fourth-order valence-corrected chi connectivity index (χ4v) is 4.59. The number of nitrogens with one attached hydrogen (secondary N) is 3. The summed E-state index contributed by atoms with van der Waals surface area (Å²) in [5, 5.41) is 10.4. The summed E-state index contributed by atoms with van der Waals surface area (Å²) in [6, 6.07) is 1.82. The summed E-state index contributed by atoms with van der Waals surface area (Å²) in [7, 11) is 0. The van der Waals surface area contributed by atoms with E-state index in [1.54, 1.807) is 6.20 Å². The molecule has 1 aromatic heterocycles. The van der Waals surface area contributed by atoms with Crippen LogP contribution in [0, 0.1) is 11.8 Å². The molecule has 168 valence electrons. The molecule has 1 aromatic rings. The molecule has 0 aromatic carbocycles. The number of nitrogens with zero attached hydrogens (tertiary/aromatic N) is 2. The average Bonchev–Trinajstić information content (AvgIpc) is 2.80. The van der Waals surface area contributed by atoms with Gasteiger partial charge in [0.15, 0.2) is 0 Å². The number of aromatic nitrogens is 1. The Hall–Kier alpha value is -1.80. The van der Waals surface area contributed by atoms with E-state index in [1.165, 1.54) is 6.42 Å². The van der Waals surface area contributed by atoms with Gasteiger partial charge in [0.05, 0.1) is 17.3 Å². The highest BCUT2D eigenvalue weighted by Crippen LogP contribution is 2.23. The Labute approximate surface area is 189 Å². The van der Waals surface area contributed by atoms with Crippen LogP contribution in [0.4, 0.5) is 5.82 Å². The van der Waals surface area contributed by atoms with E-state index in [9.17, 15) is 4.79 Å². The van der Waals surface area contributed by atoms with Gasteiger partial charge in [0.2, 0.25) is 5.91 Å². The summed E-state index contributed by atoms with van der Waals surface area (Å²) in [5.41, 5.74) is 1.60. The monoisotopic (exact) mass is 445 g/mol. The first-order chi connectivity index (χ1) is 15.2. The molecule has 0 saturated carbocycles. The van der Waals surface area contributed by atoms with Crippen molar-refractivity contribution in [1.29, 1.82) is 0 Å². The average molecular weight is 446 g/mol. The molecule has 0 spiro atoms. The first kappa shape index (κ1) is 22.4. The summed E-state index contributed by atoms with van der Waals surface area (Å²) in [6.07, 6.45) is 11.6. The van der Waals surface area contributed by atoms with Gasteiger partial charge in [-0.1, -0.05) is 17.7 Å². The van der Waals surface area contributed by atoms with Crippen LogP contribution in [0.2, 0.25) is 5.02 Å². The third kappa shape index (κ3) is 6.59. The van der Waals surface area contributed by atoms with Gasteiger partial charge in [-0.15, -0.1) is 0 Å². The van der Waals surface area contributed by atoms with Crippen LogP contribution in [-0.2, 0) is 9.53 Å². The Morgan fingerprint density at radius 3 is 3.00 bits per heavy atom. The lowest BCUT2D eigenvalue weighted by Crippen LogP contribution is -2.36. The van der Waals surface area contributed by atoms with Crippen molar-refractivity contribution in [3.63, 3.8) is 0 Å². The molecule has 2 fully saturated rings. The topological polar surface area (TPSA) is 87.6 Å². The summed E-state index contributed by atoms with van der Waals surface area (Å²) in [4.78, 5) is 21.6. The Balaban J connectivity index is 1.37. The summed E-state index contributed by atoms with van der Waals surface area (Å²) < 4.78 is 5.57. The third-order valence-electron chi connectivity index (χ3n) is 6.10. The summed E-state index contributed by atoms with van der Waals surface area (Å²) in [5.74, 6) is 1.43. The molecule has 7 nitrogen and oxygen atoms in total. The number of carbonyl (C=O) groups is 1. The molecule has 3 aliphatic rings. The van der Waals surface area contributed by atoms with Crippen molar-refractivity contribution >= 4 is 29.0 Å². The summed E-state index contributed by atoms with van der Waals surface area (Å²) in [6.45, 7) is 4.54. The van der Waals surface area contributed by atoms with Crippen molar-refractivity contribution in [2.45, 2.75) is 44.7 Å². The number of amides is 1. The highest BCUT2D eigenvalue weighted by Gasteiger charge is 2.20. The number of anilines is 1. The van der Waals surface area contributed by atoms with Crippen LogP contribution in [0.15, 0.2) is 29.4 Å². The van der Waals surface area contributed by atoms with Gasteiger partial charge in [0, 0.05) is 37.8 Å². The second-order valence-electron chi connectivity index (χ2n) is 8.67. The highest BCUT2D eigenvalue weighted by atomic mass is 35.5. The van der Waals surface area contributed by atoms with Crippen molar-refractivity contribution in [3.05, 3.63) is 35.0 Å². The van der Waals surface area contributed by atoms with Gasteiger partial charge in [-0.05, 0) is 62.8 Å². The minimum Gasteiger partial charge on any atom is -0.381 e. The lowest BCUT2D eigenvalue weighted by Gasteiger charge is -2.25. The van der Waals surface area contributed by atoms with E-state index in [4.69, 9.17) is 21.3 Å². The van der Waals surface area contributed by atoms with E-state index >= 15 is 0 Å². The Kier molecular flexibility index (Phi) is 8.08. The van der Waals surface area contributed by atoms with Gasteiger partial charge in [-0.2, -0.15) is 0 Å². The van der Waals surface area contributed by atoms with E-state index in [0.717, 1.165) is 69.8 Å². The van der Waals surface area contributed by atoms with Crippen LogP contribution < -0.4 is 16.0 Å². The number of ether oxygens (including phenoxy) is 1. The molecule has 4 heterocycles. The maximum atomic E-state index is 12.5. The van der Waals surface area contributed by atoms with Crippen molar-refractivity contribution in [3.8, 4) is 0 Å². The predicted octanol–water partition coefficient (Wildman–Crippen LogP) is 3.15. The van der Waals surface area contributed by atoms with Crippen molar-refractivity contribution in [1.82, 2.24) is 15.6 Å². The van der Waals surface area contributed by atoms with Gasteiger partial charge in [0.25, 0.3) is 0 Å². The molecule has 8 heteroatoms. The molecule has 2 saturated heterocycles. The smallest absolute Gasteiger partial charge is 0.225 e. The van der Waals surface area contributed by atoms with Crippen LogP contribution in [-0.4, -0.2) is 55.6 Å². The zero-order valence-electron chi connectivity index (χ0n) is 17.9. The lowest BCUT2D eigenvalue weighted by molar-refractivity contribution is -0.117. The number of hydrogen-bond donors (Lipinski definition) is 3. The second kappa shape index (κ2) is 11.2. The number of pyridine rings is 1. The van der Waals surface area contributed by atoms with Gasteiger partial charge >= 0.3 is 0 Å². The van der Waals surface area contributed by atoms with Gasteiger partial charge in [0.1, 0.15) is 12.0 Å². The zero-order valence-corrected chi connectivity index (χ0v) is 18.7. The predicted molar refractivity (Wildman–Crippen MR) is 124 cm³/mol. The molecule has 31 heavy (non-hydrogen) atoms. The molecule has 0 bridgehead atoms. The minimum atomic E-state index is -0.00941. The molecule has 3 unspecified atom stereocenters. The maximum absolute atomic E-state index is 12.5. The molecule has 0 aliphatic carbocycles. The van der Waals surface area contributed by atoms with Crippen LogP contribution in [0.25, 0.3) is 0 Å². The van der Waals surface area contributed by atoms with Gasteiger partial charge < -0.3 is 15.4 Å². The van der Waals surface area contributed by atoms with E-state index in [1.807, 2.05) is 12.1 Å². The number of halogens is 1. The van der Waals surface area contributed by atoms with Crippen molar-refractivity contribution in [2.24, 2.45) is 16.8 Å². The Morgan fingerprint density at radius 1 is 1.29 bits per heavy atom. The molecular formula is C23H32ClN5O2. The van der Waals surface area contributed by atoms with Crippen molar-refractivity contribution < 1.29 is 9.53 Å². The number of aliphatic imine (C=N–C) groups is 1. The SMILES string of the molecule is O=C(CC1CCCNC1)Nc1cc(C2=NC(NCC3CCCOC3)CC=C2)c(Cl)cn1. The standard InChI is InChI=1S/C23H32ClN5O2/c24-19-14-27-22(29-23(30)10-16-4-2-8-25-12-16)11-18(19)20-6-1-7-21(28-20)26-13-17-5-3-9-31-15-17/h1,6,11,14,16-17,21,25-26H,2-5,7-10,12-13,15H2,(H,27,29,30). The number of rotatable bonds is 7. The molecule has 4 rings (SSSR count). The van der Waals surface area contributed by atoms with Crippen LogP contribution in [0.1, 0.15) is 44.1 Å². The number of carbonyl (C=O) groups excluding carboxylic acids is 1. The minimum absolute atomic E-state index is 0.00941. The molecule has 3 aliphatic heterocycles. The van der Waals surface area contributed by atoms with Crippen LogP contribution in [0.3, 0.4) is 0 Å². The van der Waals surface area contributed by atoms with E-state index in [2.05, 4.69) is 27.0 Å². The van der Waals surface area contributed by atoms with Gasteiger partial charge in [-0.25, -0.2) is 4.98 Å². The highest BCUT2D eigenvalue weighted by molar-refractivity contribution is 6.35. The van der Waals surface area contributed by atoms with Gasteiger partial charge in [-0.3, -0.25) is 15.1 Å². The number of hydrogen-bond acceptors (Lipinski definition) is 6. The molecule has 1 amide bonds. The number of piperidine rings is 1. The van der Waals surface area contributed by atoms with Crippen LogP contribution >= 0.6 is 11.6 Å². The fourth-order valence-electron chi connectivity index (χ4n) is 4.39. The third-order valence-corrected chi connectivity index (χ3v) is 6.40. The first-order valence-electron chi connectivity index (χ1n) is 11.4. The first-order valence-corrected chi connectivity index (χ1v) is 11.8. The maximum Gasteiger partial charge on any atom is 0.225 e. The quantitative estimate of drug-likeness (QED) is 0.600. The largest absolute Gasteiger partial charge is 0.381 e. The molecule has 3 atom stereocenters. The Morgan fingerprint density at radius 2 is 2.19 bits per heavy atom. The lowest BCUT2D eigenvalue weighted by atomic mass is 9.96. The Bertz CT molecular complexity index is 816. The van der Waals surface area contributed by atoms with Crippen molar-refractivity contribution in [2.75, 3.05) is 38.2 Å². The molecule has 3 N–H and O–H groups in total. The van der Waals surface area contributed by atoms with Crippen LogP contribution in [0.5, 0.6) is 0 Å². The summed E-state index contributed by atoms with van der Waals surface area (Å²) >= 11 is 6.43. The van der Waals surface area contributed by atoms with E-state index < -0.39 is 0 Å². The number of dihydropyridines is 1. The second-order valence-corrected chi connectivity index (χ2v) is 9.08. The number of allylic oxidation sites excluding steroid dienone is 1. The molecule has 0 radical (unpaired) electrons. The van der Waals surface area contributed by atoms with E-state index in [0.29, 0.717) is 29.1 Å². The fraction of sp³-hybridized carbons (Fsp3) is 0.609.